The second kappa shape index (κ2) is 6.10. The van der Waals surface area contributed by atoms with Crippen LogP contribution in [-0.2, 0) is 9.59 Å². The van der Waals surface area contributed by atoms with Gasteiger partial charge in [0.2, 0.25) is 5.91 Å². The van der Waals surface area contributed by atoms with Gasteiger partial charge in [-0.05, 0) is 43.9 Å². The molecule has 0 spiro atoms. The van der Waals surface area contributed by atoms with Gasteiger partial charge in [0, 0.05) is 12.0 Å². The van der Waals surface area contributed by atoms with Crippen LogP contribution in [0.5, 0.6) is 11.5 Å². The summed E-state index contributed by atoms with van der Waals surface area (Å²) in [6, 6.07) is 5.40. The molecule has 6 nitrogen and oxygen atoms in total. The smallest absolute Gasteiger partial charge is 0.308 e. The largest absolute Gasteiger partial charge is 0.486 e. The monoisotopic (exact) mass is 319 g/mol. The fraction of sp³-hybridized carbons (Fsp3) is 0.529. The highest BCUT2D eigenvalue weighted by atomic mass is 16.6. The molecule has 4 atom stereocenters. The number of carbonyl (C=O) groups excluding carboxylic acids is 1. The molecule has 1 amide bonds. The summed E-state index contributed by atoms with van der Waals surface area (Å²) in [5.74, 6) is -0.0506. The molecule has 2 N–H and O–H groups in total. The summed E-state index contributed by atoms with van der Waals surface area (Å²) < 4.78 is 11.1. The number of aliphatic carboxylic acids is 1. The number of hydrogen-bond donors (Lipinski definition) is 2. The van der Waals surface area contributed by atoms with Gasteiger partial charge in [-0.3, -0.25) is 9.59 Å². The van der Waals surface area contributed by atoms with Gasteiger partial charge in [0.25, 0.3) is 0 Å². The molecule has 1 aliphatic heterocycles. The van der Waals surface area contributed by atoms with Crippen molar-refractivity contribution in [1.82, 2.24) is 5.32 Å². The number of carboxylic acid groups (broad SMARTS) is 1. The fourth-order valence-electron chi connectivity index (χ4n) is 2.81. The van der Waals surface area contributed by atoms with Gasteiger partial charge >= 0.3 is 5.97 Å². The summed E-state index contributed by atoms with van der Waals surface area (Å²) in [6.45, 7) is 4.41. The SMILES string of the molecule is CC(NC(=O)C1CC1c1ccc2c(c1)OCCO2)C(C)C(=O)O. The second-order valence-electron chi connectivity index (χ2n) is 6.28. The Morgan fingerprint density at radius 2 is 1.91 bits per heavy atom. The van der Waals surface area contributed by atoms with Crippen LogP contribution in [0.4, 0.5) is 0 Å². The zero-order valence-corrected chi connectivity index (χ0v) is 13.2. The summed E-state index contributed by atoms with van der Waals surface area (Å²) in [6.07, 6.45) is 0.777. The standard InChI is InChI=1S/C17H21NO5/c1-9(17(20)21)10(2)18-16(19)13-8-12(13)11-3-4-14-15(7-11)23-6-5-22-14/h3-4,7,9-10,12-13H,5-6,8H2,1-2H3,(H,18,19)(H,20,21). The molecule has 1 saturated carbocycles. The first-order valence-electron chi connectivity index (χ1n) is 7.90. The van der Waals surface area contributed by atoms with Crippen LogP contribution in [0.1, 0.15) is 31.7 Å². The third-order valence-corrected chi connectivity index (χ3v) is 4.63. The highest BCUT2D eigenvalue weighted by Gasteiger charge is 2.45. The van der Waals surface area contributed by atoms with Crippen molar-refractivity contribution in [3.63, 3.8) is 0 Å². The molecule has 1 fully saturated rings. The third kappa shape index (κ3) is 3.25. The maximum atomic E-state index is 12.3. The van der Waals surface area contributed by atoms with Crippen molar-refractivity contribution < 1.29 is 24.2 Å². The van der Waals surface area contributed by atoms with E-state index in [0.717, 1.165) is 23.5 Å². The van der Waals surface area contributed by atoms with Gasteiger partial charge in [-0.2, -0.15) is 0 Å². The molecule has 6 heteroatoms. The summed E-state index contributed by atoms with van der Waals surface area (Å²) in [5.41, 5.74) is 1.06. The number of fused-ring (bicyclic) bond motifs is 1. The van der Waals surface area contributed by atoms with Crippen LogP contribution in [0.3, 0.4) is 0 Å². The molecule has 1 heterocycles. The summed E-state index contributed by atoms with van der Waals surface area (Å²) >= 11 is 0. The molecule has 0 bridgehead atoms. The molecule has 4 unspecified atom stereocenters. The lowest BCUT2D eigenvalue weighted by atomic mass is 10.0. The molecule has 1 aromatic carbocycles. The average Bonchev–Trinajstić information content (AvgIpc) is 3.34. The van der Waals surface area contributed by atoms with Gasteiger partial charge in [0.1, 0.15) is 13.2 Å². The zero-order chi connectivity index (χ0) is 16.6. The Hall–Kier alpha value is -2.24. The first kappa shape index (κ1) is 15.6. The predicted molar refractivity (Wildman–Crippen MR) is 82.7 cm³/mol. The number of rotatable bonds is 5. The Kier molecular flexibility index (Phi) is 4.15. The Morgan fingerprint density at radius 1 is 1.22 bits per heavy atom. The molecule has 1 aliphatic carbocycles. The van der Waals surface area contributed by atoms with Crippen molar-refractivity contribution in [2.75, 3.05) is 13.2 Å². The van der Waals surface area contributed by atoms with E-state index in [1.54, 1.807) is 13.8 Å². The minimum absolute atomic E-state index is 0.0783. The van der Waals surface area contributed by atoms with E-state index in [-0.39, 0.29) is 23.8 Å². The third-order valence-electron chi connectivity index (χ3n) is 4.63. The van der Waals surface area contributed by atoms with Crippen molar-refractivity contribution in [3.05, 3.63) is 23.8 Å². The fourth-order valence-corrected chi connectivity index (χ4v) is 2.81. The highest BCUT2D eigenvalue weighted by molar-refractivity contribution is 5.84. The molecule has 2 aliphatic rings. The summed E-state index contributed by atoms with van der Waals surface area (Å²) in [4.78, 5) is 23.2. The van der Waals surface area contributed by atoms with E-state index in [1.165, 1.54) is 0 Å². The maximum absolute atomic E-state index is 12.3. The van der Waals surface area contributed by atoms with E-state index < -0.39 is 11.9 Å². The summed E-state index contributed by atoms with van der Waals surface area (Å²) in [5, 5.41) is 11.8. The van der Waals surface area contributed by atoms with E-state index >= 15 is 0 Å². The zero-order valence-electron chi connectivity index (χ0n) is 13.2. The lowest BCUT2D eigenvalue weighted by Crippen LogP contribution is -2.40. The Morgan fingerprint density at radius 3 is 2.61 bits per heavy atom. The highest BCUT2D eigenvalue weighted by Crippen LogP contribution is 2.49. The number of nitrogens with one attached hydrogen (secondary N) is 1. The second-order valence-corrected chi connectivity index (χ2v) is 6.28. The van der Waals surface area contributed by atoms with Crippen molar-refractivity contribution in [2.45, 2.75) is 32.2 Å². The quantitative estimate of drug-likeness (QED) is 0.864. The number of hydrogen-bond acceptors (Lipinski definition) is 4. The van der Waals surface area contributed by atoms with Crippen LogP contribution in [0, 0.1) is 11.8 Å². The maximum Gasteiger partial charge on any atom is 0.308 e. The normalized spacial score (nSPS) is 24.4. The number of benzene rings is 1. The van der Waals surface area contributed by atoms with E-state index in [2.05, 4.69) is 5.32 Å². The lowest BCUT2D eigenvalue weighted by Gasteiger charge is -2.19. The van der Waals surface area contributed by atoms with Crippen molar-refractivity contribution in [3.8, 4) is 11.5 Å². The predicted octanol–water partition coefficient (Wildman–Crippen LogP) is 1.79. The molecular weight excluding hydrogens is 298 g/mol. The average molecular weight is 319 g/mol. The van der Waals surface area contributed by atoms with Gasteiger partial charge in [-0.15, -0.1) is 0 Å². The van der Waals surface area contributed by atoms with E-state index in [9.17, 15) is 9.59 Å². The minimum atomic E-state index is -0.906. The van der Waals surface area contributed by atoms with Gasteiger partial charge in [-0.1, -0.05) is 6.07 Å². The molecule has 0 saturated heterocycles. The van der Waals surface area contributed by atoms with Crippen molar-refractivity contribution in [2.24, 2.45) is 11.8 Å². The van der Waals surface area contributed by atoms with Gasteiger partial charge in [0.15, 0.2) is 11.5 Å². The molecular formula is C17H21NO5. The molecule has 23 heavy (non-hydrogen) atoms. The lowest BCUT2D eigenvalue weighted by molar-refractivity contribution is -0.142. The minimum Gasteiger partial charge on any atom is -0.486 e. The van der Waals surface area contributed by atoms with E-state index in [0.29, 0.717) is 13.2 Å². The molecule has 1 aromatic rings. The van der Waals surface area contributed by atoms with Gasteiger partial charge in [-0.25, -0.2) is 0 Å². The molecule has 3 rings (SSSR count). The molecule has 0 radical (unpaired) electrons. The number of amides is 1. The van der Waals surface area contributed by atoms with Crippen LogP contribution in [0.25, 0.3) is 0 Å². The van der Waals surface area contributed by atoms with E-state index in [4.69, 9.17) is 14.6 Å². The topological polar surface area (TPSA) is 84.9 Å². The van der Waals surface area contributed by atoms with Crippen molar-refractivity contribution in [1.29, 1.82) is 0 Å². The Labute approximate surface area is 134 Å². The number of carboxylic acids is 1. The Bertz CT molecular complexity index is 629. The first-order valence-corrected chi connectivity index (χ1v) is 7.90. The van der Waals surface area contributed by atoms with Crippen LogP contribution in [0.15, 0.2) is 18.2 Å². The van der Waals surface area contributed by atoms with Crippen LogP contribution in [0.2, 0.25) is 0 Å². The van der Waals surface area contributed by atoms with Crippen LogP contribution < -0.4 is 14.8 Å². The van der Waals surface area contributed by atoms with Gasteiger partial charge in [0.05, 0.1) is 5.92 Å². The molecule has 124 valence electrons. The van der Waals surface area contributed by atoms with Crippen LogP contribution in [-0.4, -0.2) is 36.2 Å². The number of carbonyl (C=O) groups is 2. The molecule has 0 aromatic heterocycles. The first-order chi connectivity index (χ1) is 11.0. The summed E-state index contributed by atoms with van der Waals surface area (Å²) in [7, 11) is 0. The van der Waals surface area contributed by atoms with Gasteiger partial charge < -0.3 is 19.9 Å². The van der Waals surface area contributed by atoms with Crippen LogP contribution >= 0.6 is 0 Å². The van der Waals surface area contributed by atoms with E-state index in [1.807, 2.05) is 18.2 Å². The Balaban J connectivity index is 1.60. The number of ether oxygens (including phenoxy) is 2. The van der Waals surface area contributed by atoms with Crippen molar-refractivity contribution >= 4 is 11.9 Å².